The molecule has 2 aromatic carbocycles. The highest BCUT2D eigenvalue weighted by Gasteiger charge is 2.11. The lowest BCUT2D eigenvalue weighted by Crippen LogP contribution is -2.04. The maximum absolute atomic E-state index is 12.4. The van der Waals surface area contributed by atoms with Crippen molar-refractivity contribution in [3.8, 4) is 11.3 Å². The number of aliphatic carboxylic acids is 1. The topological polar surface area (TPSA) is 72.2 Å². The van der Waals surface area contributed by atoms with Gasteiger partial charge in [-0.1, -0.05) is 39.7 Å². The Morgan fingerprint density at radius 3 is 2.43 bits per heavy atom. The molecule has 142 valence electrons. The van der Waals surface area contributed by atoms with Crippen LogP contribution >= 0.6 is 27.5 Å². The van der Waals surface area contributed by atoms with E-state index in [1.807, 2.05) is 24.3 Å². The van der Waals surface area contributed by atoms with Gasteiger partial charge in [0.1, 0.15) is 0 Å². The van der Waals surface area contributed by atoms with Gasteiger partial charge in [0.25, 0.3) is 0 Å². The van der Waals surface area contributed by atoms with Gasteiger partial charge in [0, 0.05) is 32.4 Å². The number of benzene rings is 2. The van der Waals surface area contributed by atoms with Crippen molar-refractivity contribution >= 4 is 45.4 Å². The number of nitrogens with zero attached hydrogens (tertiary/aromatic N) is 2. The number of carboxylic acid groups (broad SMARTS) is 1. The Morgan fingerprint density at radius 2 is 1.79 bits per heavy atom. The minimum atomic E-state index is -0.897. The van der Waals surface area contributed by atoms with Crippen molar-refractivity contribution < 1.29 is 14.7 Å². The number of hydrogen-bond acceptors (Lipinski definition) is 3. The minimum absolute atomic E-state index is 0.0390. The fourth-order valence-corrected chi connectivity index (χ4v) is 2.98. The van der Waals surface area contributed by atoms with E-state index in [2.05, 4.69) is 21.0 Å². The zero-order valence-electron chi connectivity index (χ0n) is 14.7. The highest BCUT2D eigenvalue weighted by molar-refractivity contribution is 9.10. The van der Waals surface area contributed by atoms with Gasteiger partial charge in [-0.05, 0) is 48.6 Å². The summed E-state index contributed by atoms with van der Waals surface area (Å²) in [5.41, 5.74) is 2.78. The van der Waals surface area contributed by atoms with Crippen LogP contribution in [0.2, 0.25) is 5.02 Å². The van der Waals surface area contributed by atoms with Gasteiger partial charge in [-0.3, -0.25) is 14.3 Å². The molecule has 0 aliphatic carbocycles. The van der Waals surface area contributed by atoms with E-state index in [1.165, 1.54) is 6.08 Å². The Kier molecular flexibility index (Phi) is 6.44. The molecule has 0 atom stereocenters. The molecule has 5 nitrogen and oxygen atoms in total. The third kappa shape index (κ3) is 5.18. The summed E-state index contributed by atoms with van der Waals surface area (Å²) in [4.78, 5) is 23.3. The van der Waals surface area contributed by atoms with Crippen molar-refractivity contribution in [2.75, 3.05) is 0 Å². The maximum Gasteiger partial charge on any atom is 0.305 e. The zero-order valence-corrected chi connectivity index (χ0v) is 17.0. The van der Waals surface area contributed by atoms with Crippen molar-refractivity contribution in [2.45, 2.75) is 13.0 Å². The van der Waals surface area contributed by atoms with Crippen molar-refractivity contribution in [3.63, 3.8) is 0 Å². The number of rotatable bonds is 7. The summed E-state index contributed by atoms with van der Waals surface area (Å²) >= 11 is 9.30. The molecule has 0 bridgehead atoms. The van der Waals surface area contributed by atoms with E-state index >= 15 is 0 Å². The molecule has 0 aliphatic heterocycles. The van der Waals surface area contributed by atoms with Crippen molar-refractivity contribution in [1.29, 1.82) is 0 Å². The smallest absolute Gasteiger partial charge is 0.305 e. The van der Waals surface area contributed by atoms with Crippen LogP contribution in [0.25, 0.3) is 17.3 Å². The average molecular weight is 460 g/mol. The molecular weight excluding hydrogens is 444 g/mol. The highest BCUT2D eigenvalue weighted by Crippen LogP contribution is 2.25. The second kappa shape index (κ2) is 8.99. The van der Waals surface area contributed by atoms with Crippen LogP contribution in [0.5, 0.6) is 0 Å². The Labute approximate surface area is 175 Å². The molecule has 7 heteroatoms. The number of aryl methyl sites for hydroxylation is 1. The van der Waals surface area contributed by atoms with E-state index in [9.17, 15) is 9.59 Å². The molecule has 0 aliphatic rings. The van der Waals surface area contributed by atoms with E-state index in [0.29, 0.717) is 16.3 Å². The number of aromatic nitrogens is 2. The Morgan fingerprint density at radius 1 is 1.11 bits per heavy atom. The number of halogens is 2. The first-order valence-corrected chi connectivity index (χ1v) is 9.62. The van der Waals surface area contributed by atoms with Gasteiger partial charge in [-0.25, -0.2) is 0 Å². The van der Waals surface area contributed by atoms with Crippen molar-refractivity contribution in [3.05, 3.63) is 81.4 Å². The standard InChI is InChI=1S/C21H16BrClN2O3/c22-17-6-1-14(2-7-17)19(26)10-5-16-13-25(12-11-20(27)28)24-21(16)15-3-8-18(23)9-4-15/h1-10,13H,11-12H2,(H,27,28)/b10-5+. The molecule has 1 heterocycles. The van der Waals surface area contributed by atoms with Crippen LogP contribution in [-0.4, -0.2) is 26.6 Å². The molecule has 28 heavy (non-hydrogen) atoms. The fourth-order valence-electron chi connectivity index (χ4n) is 2.59. The predicted molar refractivity (Wildman–Crippen MR) is 112 cm³/mol. The van der Waals surface area contributed by atoms with Crippen LogP contribution in [0.3, 0.4) is 0 Å². The van der Waals surface area contributed by atoms with Crippen LogP contribution in [0.15, 0.2) is 65.3 Å². The first-order valence-electron chi connectivity index (χ1n) is 8.45. The quantitative estimate of drug-likeness (QED) is 0.382. The number of carbonyl (C=O) groups is 2. The monoisotopic (exact) mass is 458 g/mol. The fraction of sp³-hybridized carbons (Fsp3) is 0.0952. The Bertz CT molecular complexity index is 1020. The van der Waals surface area contributed by atoms with Gasteiger partial charge in [0.15, 0.2) is 5.78 Å². The van der Waals surface area contributed by atoms with Gasteiger partial charge in [-0.2, -0.15) is 5.10 Å². The van der Waals surface area contributed by atoms with Crippen LogP contribution in [0, 0.1) is 0 Å². The summed E-state index contributed by atoms with van der Waals surface area (Å²) in [6.07, 6.45) is 4.88. The van der Waals surface area contributed by atoms with Crippen LogP contribution in [-0.2, 0) is 11.3 Å². The highest BCUT2D eigenvalue weighted by atomic mass is 79.9. The molecule has 0 radical (unpaired) electrons. The van der Waals surface area contributed by atoms with Crippen molar-refractivity contribution in [2.24, 2.45) is 0 Å². The molecule has 3 aromatic rings. The maximum atomic E-state index is 12.4. The van der Waals surface area contributed by atoms with Gasteiger partial charge in [0.2, 0.25) is 0 Å². The number of hydrogen-bond donors (Lipinski definition) is 1. The minimum Gasteiger partial charge on any atom is -0.481 e. The molecule has 1 N–H and O–H groups in total. The first-order chi connectivity index (χ1) is 13.4. The van der Waals surface area contributed by atoms with Crippen LogP contribution < -0.4 is 0 Å². The lowest BCUT2D eigenvalue weighted by molar-refractivity contribution is -0.137. The van der Waals surface area contributed by atoms with E-state index in [1.54, 1.807) is 41.2 Å². The SMILES string of the molecule is O=C(O)CCn1cc(/C=C/C(=O)c2ccc(Br)cc2)c(-c2ccc(Cl)cc2)n1. The molecule has 0 unspecified atom stereocenters. The van der Waals surface area contributed by atoms with Crippen LogP contribution in [0.4, 0.5) is 0 Å². The Hall–Kier alpha value is -2.70. The normalized spacial score (nSPS) is 11.1. The zero-order chi connectivity index (χ0) is 20.1. The van der Waals surface area contributed by atoms with Crippen LogP contribution in [0.1, 0.15) is 22.3 Å². The molecular formula is C21H16BrClN2O3. The third-order valence-electron chi connectivity index (χ3n) is 4.01. The summed E-state index contributed by atoms with van der Waals surface area (Å²) in [5.74, 6) is -1.03. The summed E-state index contributed by atoms with van der Waals surface area (Å²) < 4.78 is 2.47. The number of ketones is 1. The molecule has 0 amide bonds. The van der Waals surface area contributed by atoms with Gasteiger partial charge in [-0.15, -0.1) is 0 Å². The first kappa shape index (κ1) is 20.0. The molecule has 0 saturated heterocycles. The van der Waals surface area contributed by atoms with E-state index in [0.717, 1.165) is 15.6 Å². The van der Waals surface area contributed by atoms with Crippen molar-refractivity contribution in [1.82, 2.24) is 9.78 Å². The largest absolute Gasteiger partial charge is 0.481 e. The molecule has 0 fully saturated rings. The number of carboxylic acids is 1. The number of carbonyl (C=O) groups excluding carboxylic acids is 1. The lowest BCUT2D eigenvalue weighted by Gasteiger charge is -2.00. The van der Waals surface area contributed by atoms with Gasteiger partial charge in [0.05, 0.1) is 18.7 Å². The summed E-state index contributed by atoms with van der Waals surface area (Å²) in [5, 5.41) is 14.0. The molecule has 0 spiro atoms. The predicted octanol–water partition coefficient (Wildman–Crippen LogP) is 5.34. The average Bonchev–Trinajstić information content (AvgIpc) is 3.09. The van der Waals surface area contributed by atoms with Gasteiger partial charge >= 0.3 is 5.97 Å². The molecule has 3 rings (SSSR count). The Balaban J connectivity index is 1.90. The van der Waals surface area contributed by atoms with Gasteiger partial charge < -0.3 is 5.11 Å². The summed E-state index contributed by atoms with van der Waals surface area (Å²) in [6, 6.07) is 14.3. The second-order valence-corrected chi connectivity index (χ2v) is 7.40. The van der Waals surface area contributed by atoms with E-state index in [-0.39, 0.29) is 18.7 Å². The third-order valence-corrected chi connectivity index (χ3v) is 4.79. The number of allylic oxidation sites excluding steroid dienone is 1. The summed E-state index contributed by atoms with van der Waals surface area (Å²) in [7, 11) is 0. The van der Waals surface area contributed by atoms with E-state index < -0.39 is 5.97 Å². The molecule has 1 aromatic heterocycles. The molecule has 0 saturated carbocycles. The lowest BCUT2D eigenvalue weighted by atomic mass is 10.1. The van der Waals surface area contributed by atoms with E-state index in [4.69, 9.17) is 16.7 Å². The second-order valence-electron chi connectivity index (χ2n) is 6.05. The summed E-state index contributed by atoms with van der Waals surface area (Å²) in [6.45, 7) is 0.240.